The van der Waals surface area contributed by atoms with Gasteiger partial charge < -0.3 is 25.0 Å². The molecule has 0 aromatic heterocycles. The summed E-state index contributed by atoms with van der Waals surface area (Å²) in [6.45, 7) is -0.295. The number of carbonyl (C=O) groups excluding carboxylic acids is 2. The third-order valence-corrected chi connectivity index (χ3v) is 8.62. The number of hydrogen-bond donors (Lipinski definition) is 3. The molecule has 10 heteroatoms. The lowest BCUT2D eigenvalue weighted by Gasteiger charge is -2.56. The van der Waals surface area contributed by atoms with Crippen molar-refractivity contribution in [3.8, 4) is 11.5 Å². The number of nitrogens with one attached hydrogen (secondary N) is 1. The normalized spacial score (nSPS) is 30.2. The quantitative estimate of drug-likeness (QED) is 0.466. The van der Waals surface area contributed by atoms with Crippen molar-refractivity contribution >= 4 is 34.9 Å². The van der Waals surface area contributed by atoms with E-state index in [9.17, 15) is 24.2 Å². The number of hydrogen-bond acceptors (Lipinski definition) is 6. The summed E-state index contributed by atoms with van der Waals surface area (Å²) in [5.41, 5.74) is -0.600. The number of aliphatic hydroxyl groups excluding tert-OH is 2. The minimum Gasteiger partial charge on any atom is -0.484 e. The average Bonchev–Trinajstić information content (AvgIpc) is 2.86. The Hall–Kier alpha value is -2.39. The van der Waals surface area contributed by atoms with Gasteiger partial charge in [-0.15, -0.1) is 0 Å². The van der Waals surface area contributed by atoms with Gasteiger partial charge in [0.25, 0.3) is 5.91 Å². The molecule has 0 radical (unpaired) electrons. The lowest BCUT2D eigenvalue weighted by molar-refractivity contribution is -0.146. The molecule has 3 fully saturated rings. The summed E-state index contributed by atoms with van der Waals surface area (Å²) >= 11 is 11.7. The minimum atomic E-state index is -0.856. The van der Waals surface area contributed by atoms with Crippen molar-refractivity contribution in [2.24, 2.45) is 5.41 Å². The SMILES string of the molecule is O=C(COc1ccc(Cl)c(F)c1)NC12CCC(CC(=O)[C@@H]3C[C@H](O)c4cc(Cl)ccc4O3)(CC1)[C@@H](O)C2. The number of amides is 1. The van der Waals surface area contributed by atoms with E-state index in [1.807, 2.05) is 0 Å². The summed E-state index contributed by atoms with van der Waals surface area (Å²) in [6.07, 6.45) is 0.568. The molecule has 7 nitrogen and oxygen atoms in total. The van der Waals surface area contributed by atoms with E-state index in [1.165, 1.54) is 12.1 Å². The number of ether oxygens (including phenoxy) is 2. The number of benzene rings is 2. The van der Waals surface area contributed by atoms with Crippen LogP contribution in [0.4, 0.5) is 4.39 Å². The smallest absolute Gasteiger partial charge is 0.258 e. The topological polar surface area (TPSA) is 105 Å². The van der Waals surface area contributed by atoms with Gasteiger partial charge in [0, 0.05) is 40.4 Å². The number of Topliss-reactive ketones (excluding diaryl/α,β-unsaturated/α-hetero) is 1. The summed E-state index contributed by atoms with van der Waals surface area (Å²) < 4.78 is 24.9. The van der Waals surface area contributed by atoms with Crippen molar-refractivity contribution < 1.29 is 33.7 Å². The molecule has 3 aliphatic carbocycles. The molecule has 3 saturated carbocycles. The van der Waals surface area contributed by atoms with Gasteiger partial charge in [-0.2, -0.15) is 0 Å². The lowest BCUT2D eigenvalue weighted by atomic mass is 9.54. The highest BCUT2D eigenvalue weighted by Gasteiger charge is 2.55. The van der Waals surface area contributed by atoms with Gasteiger partial charge in [0.1, 0.15) is 17.3 Å². The van der Waals surface area contributed by atoms with Crippen LogP contribution >= 0.6 is 23.2 Å². The Morgan fingerprint density at radius 3 is 2.57 bits per heavy atom. The minimum absolute atomic E-state index is 0.0305. The van der Waals surface area contributed by atoms with Crippen LogP contribution in [-0.2, 0) is 9.59 Å². The monoisotopic (exact) mass is 551 g/mol. The zero-order valence-electron chi connectivity index (χ0n) is 20.0. The molecule has 2 bridgehead atoms. The third-order valence-electron chi connectivity index (χ3n) is 8.08. The van der Waals surface area contributed by atoms with Crippen molar-refractivity contribution in [3.63, 3.8) is 0 Å². The van der Waals surface area contributed by atoms with E-state index in [-0.39, 0.29) is 41.9 Å². The van der Waals surface area contributed by atoms with E-state index < -0.39 is 35.1 Å². The second-order valence-electron chi connectivity index (χ2n) is 10.5. The molecule has 0 spiro atoms. The van der Waals surface area contributed by atoms with E-state index in [0.29, 0.717) is 48.4 Å². The first kappa shape index (κ1) is 26.2. The predicted octanol–water partition coefficient (Wildman–Crippen LogP) is 4.54. The van der Waals surface area contributed by atoms with Crippen LogP contribution in [0.1, 0.15) is 56.6 Å². The first-order chi connectivity index (χ1) is 17.6. The van der Waals surface area contributed by atoms with Crippen molar-refractivity contribution in [1.29, 1.82) is 0 Å². The van der Waals surface area contributed by atoms with Crippen molar-refractivity contribution in [2.45, 2.75) is 68.8 Å². The molecule has 198 valence electrons. The molecule has 1 amide bonds. The van der Waals surface area contributed by atoms with E-state index in [2.05, 4.69) is 5.32 Å². The fourth-order valence-corrected chi connectivity index (χ4v) is 6.24. The Morgan fingerprint density at radius 1 is 1.11 bits per heavy atom. The number of carbonyl (C=O) groups is 2. The van der Waals surface area contributed by atoms with Gasteiger partial charge in [-0.25, -0.2) is 4.39 Å². The Balaban J connectivity index is 1.17. The molecule has 1 aliphatic heterocycles. The van der Waals surface area contributed by atoms with Crippen LogP contribution in [0.2, 0.25) is 10.0 Å². The van der Waals surface area contributed by atoms with Crippen molar-refractivity contribution in [1.82, 2.24) is 5.32 Å². The zero-order chi connectivity index (χ0) is 26.4. The Kier molecular flexibility index (Phi) is 7.13. The Bertz CT molecular complexity index is 1220. The van der Waals surface area contributed by atoms with Gasteiger partial charge in [0.15, 0.2) is 18.5 Å². The number of rotatable bonds is 7. The first-order valence-electron chi connectivity index (χ1n) is 12.3. The highest BCUT2D eigenvalue weighted by molar-refractivity contribution is 6.31. The molecule has 4 aliphatic rings. The van der Waals surface area contributed by atoms with Crippen LogP contribution < -0.4 is 14.8 Å². The Labute approximate surface area is 223 Å². The van der Waals surface area contributed by atoms with E-state index >= 15 is 0 Å². The first-order valence-corrected chi connectivity index (χ1v) is 13.1. The van der Waals surface area contributed by atoms with Gasteiger partial charge in [-0.05, 0) is 62.4 Å². The molecular weight excluding hydrogens is 524 g/mol. The standard InChI is InChI=1S/C27H28Cl2FNO6/c28-15-1-4-22-17(9-15)20(32)11-23(37-22)21(33)12-26-5-7-27(8-6-26,13-24(26)34)31-25(35)14-36-16-2-3-18(29)19(30)10-16/h1-4,9-10,20,23-24,32,34H,5-8,11-14H2,(H,31,35)/t20-,23-,24-,26?,27?/m0/s1. The second kappa shape index (κ2) is 10.1. The van der Waals surface area contributed by atoms with Crippen LogP contribution in [0.15, 0.2) is 36.4 Å². The van der Waals surface area contributed by atoms with Gasteiger partial charge in [-0.3, -0.25) is 9.59 Å². The summed E-state index contributed by atoms with van der Waals surface area (Å²) in [5.74, 6) is -0.511. The molecular formula is C27H28Cl2FNO6. The lowest BCUT2D eigenvalue weighted by Crippen LogP contribution is -2.63. The van der Waals surface area contributed by atoms with Crippen molar-refractivity contribution in [3.05, 3.63) is 57.8 Å². The number of aliphatic hydroxyl groups is 2. The Morgan fingerprint density at radius 2 is 1.86 bits per heavy atom. The molecule has 1 heterocycles. The van der Waals surface area contributed by atoms with Crippen LogP contribution in [0.5, 0.6) is 11.5 Å². The molecule has 2 aromatic carbocycles. The number of halogens is 3. The number of ketones is 1. The van der Waals surface area contributed by atoms with Gasteiger partial charge in [0.2, 0.25) is 0 Å². The van der Waals surface area contributed by atoms with Gasteiger partial charge in [0.05, 0.1) is 17.2 Å². The van der Waals surface area contributed by atoms with Crippen LogP contribution in [0.25, 0.3) is 0 Å². The predicted molar refractivity (Wildman–Crippen MR) is 134 cm³/mol. The maximum Gasteiger partial charge on any atom is 0.258 e. The molecule has 6 rings (SSSR count). The maximum absolute atomic E-state index is 13.6. The highest BCUT2D eigenvalue weighted by atomic mass is 35.5. The fourth-order valence-electron chi connectivity index (χ4n) is 5.94. The largest absolute Gasteiger partial charge is 0.484 e. The fraction of sp³-hybridized carbons (Fsp3) is 0.481. The summed E-state index contributed by atoms with van der Waals surface area (Å²) in [5, 5.41) is 25.1. The summed E-state index contributed by atoms with van der Waals surface area (Å²) in [7, 11) is 0. The molecule has 0 saturated heterocycles. The van der Waals surface area contributed by atoms with Crippen molar-refractivity contribution in [2.75, 3.05) is 6.61 Å². The molecule has 0 unspecified atom stereocenters. The average molecular weight is 552 g/mol. The number of fused-ring (bicyclic) bond motifs is 4. The highest BCUT2D eigenvalue weighted by Crippen LogP contribution is 2.54. The van der Waals surface area contributed by atoms with E-state index in [0.717, 1.165) is 6.07 Å². The summed E-state index contributed by atoms with van der Waals surface area (Å²) in [6, 6.07) is 8.90. The molecule has 2 aromatic rings. The zero-order valence-corrected chi connectivity index (χ0v) is 21.5. The van der Waals surface area contributed by atoms with Crippen LogP contribution in [0, 0.1) is 11.2 Å². The maximum atomic E-state index is 13.6. The van der Waals surface area contributed by atoms with Crippen LogP contribution in [0.3, 0.4) is 0 Å². The van der Waals surface area contributed by atoms with Gasteiger partial charge >= 0.3 is 0 Å². The second-order valence-corrected chi connectivity index (χ2v) is 11.3. The van der Waals surface area contributed by atoms with E-state index in [4.69, 9.17) is 32.7 Å². The molecule has 3 N–H and O–H groups in total. The summed E-state index contributed by atoms with van der Waals surface area (Å²) in [4.78, 5) is 25.8. The molecule has 3 atom stereocenters. The van der Waals surface area contributed by atoms with Gasteiger partial charge in [-0.1, -0.05) is 23.2 Å². The third kappa shape index (κ3) is 5.30. The van der Waals surface area contributed by atoms with Crippen LogP contribution in [-0.4, -0.2) is 46.3 Å². The van der Waals surface area contributed by atoms with E-state index in [1.54, 1.807) is 18.2 Å². The molecule has 37 heavy (non-hydrogen) atoms.